The molecule has 2 fully saturated rings. The van der Waals surface area contributed by atoms with Crippen LogP contribution in [0.1, 0.15) is 0 Å². The van der Waals surface area contributed by atoms with Gasteiger partial charge in [0, 0.05) is 11.1 Å². The van der Waals surface area contributed by atoms with Crippen LogP contribution in [0.5, 0.6) is 11.5 Å². The zero-order chi connectivity index (χ0) is 18.1. The molecule has 0 aliphatic carbocycles. The second-order valence-corrected chi connectivity index (χ2v) is 6.50. The first-order chi connectivity index (χ1) is 13.3. The summed E-state index contributed by atoms with van der Waals surface area (Å²) in [5, 5.41) is 8.34. The molecule has 2 atom stereocenters. The minimum atomic E-state index is 0.213. The van der Waals surface area contributed by atoms with E-state index in [4.69, 9.17) is 23.4 Å². The Hall–Kier alpha value is -2.90. The Kier molecular flexibility index (Phi) is 4.23. The van der Waals surface area contributed by atoms with Crippen LogP contribution in [0.25, 0.3) is 22.9 Å². The summed E-state index contributed by atoms with van der Waals surface area (Å²) in [6, 6.07) is 15.2. The largest absolute Gasteiger partial charge is 0.491 e. The van der Waals surface area contributed by atoms with Crippen LogP contribution in [0.2, 0.25) is 0 Å². The standard InChI is InChI=1S/C20H18N2O5/c1-3-13(7-15(5-1)23-9-17-11-25-17)19-21-22-20(27-19)14-4-2-6-16(8-14)24-10-18-12-26-18/h1-8,17-18H,9-12H2. The molecule has 3 aromatic rings. The van der Waals surface area contributed by atoms with Gasteiger partial charge in [-0.25, -0.2) is 0 Å². The molecule has 2 aliphatic rings. The first-order valence-corrected chi connectivity index (χ1v) is 8.87. The average molecular weight is 366 g/mol. The fourth-order valence-electron chi connectivity index (χ4n) is 2.60. The molecule has 2 unspecified atom stereocenters. The maximum Gasteiger partial charge on any atom is 0.248 e. The van der Waals surface area contributed by atoms with E-state index in [-0.39, 0.29) is 12.2 Å². The Morgan fingerprint density at radius 3 is 1.70 bits per heavy atom. The summed E-state index contributed by atoms with van der Waals surface area (Å²) in [4.78, 5) is 0. The molecule has 0 N–H and O–H groups in total. The second kappa shape index (κ2) is 7.02. The van der Waals surface area contributed by atoms with Gasteiger partial charge in [-0.2, -0.15) is 0 Å². The first kappa shape index (κ1) is 16.3. The molecule has 0 amide bonds. The number of hydrogen-bond donors (Lipinski definition) is 0. The van der Waals surface area contributed by atoms with Crippen molar-refractivity contribution in [2.24, 2.45) is 0 Å². The van der Waals surface area contributed by atoms with Crippen LogP contribution in [0.3, 0.4) is 0 Å². The lowest BCUT2D eigenvalue weighted by atomic mass is 10.2. The quantitative estimate of drug-likeness (QED) is 0.567. The van der Waals surface area contributed by atoms with Gasteiger partial charge < -0.3 is 23.4 Å². The summed E-state index contributed by atoms with van der Waals surface area (Å²) in [6.45, 7) is 2.64. The maximum atomic E-state index is 5.86. The van der Waals surface area contributed by atoms with Gasteiger partial charge in [-0.05, 0) is 36.4 Å². The van der Waals surface area contributed by atoms with E-state index in [1.54, 1.807) is 0 Å². The normalized spacial score (nSPS) is 20.3. The van der Waals surface area contributed by atoms with E-state index in [2.05, 4.69) is 10.2 Å². The predicted octanol–water partition coefficient (Wildman–Crippen LogP) is 2.96. The molecule has 5 rings (SSSR count). The molecule has 0 spiro atoms. The van der Waals surface area contributed by atoms with E-state index in [0.29, 0.717) is 25.0 Å². The zero-order valence-corrected chi connectivity index (χ0v) is 14.5. The number of ether oxygens (including phenoxy) is 4. The third kappa shape index (κ3) is 4.10. The van der Waals surface area contributed by atoms with Gasteiger partial charge in [0.05, 0.1) is 13.2 Å². The molecule has 27 heavy (non-hydrogen) atoms. The summed E-state index contributed by atoms with van der Waals surface area (Å²) in [6.07, 6.45) is 0.425. The molecule has 7 heteroatoms. The van der Waals surface area contributed by atoms with Crippen LogP contribution in [-0.2, 0) is 9.47 Å². The number of epoxide rings is 2. The summed E-state index contributed by atoms with van der Waals surface area (Å²) in [5.41, 5.74) is 1.61. The van der Waals surface area contributed by atoms with E-state index in [9.17, 15) is 0 Å². The van der Waals surface area contributed by atoms with Gasteiger partial charge in [0.1, 0.15) is 36.9 Å². The molecule has 0 saturated carbocycles. The van der Waals surface area contributed by atoms with Gasteiger partial charge >= 0.3 is 0 Å². The molecule has 2 aliphatic heterocycles. The zero-order valence-electron chi connectivity index (χ0n) is 14.5. The third-order valence-corrected chi connectivity index (χ3v) is 4.26. The van der Waals surface area contributed by atoms with Crippen LogP contribution in [0.15, 0.2) is 52.9 Å². The molecular formula is C20H18N2O5. The Labute approximate surface area is 155 Å². The first-order valence-electron chi connectivity index (χ1n) is 8.87. The SMILES string of the molecule is c1cc(OCC2CO2)cc(-c2nnc(-c3cccc(OCC4CO4)c3)o2)c1. The van der Waals surface area contributed by atoms with Crippen LogP contribution in [0, 0.1) is 0 Å². The molecule has 0 radical (unpaired) electrons. The number of hydrogen-bond acceptors (Lipinski definition) is 7. The fourth-order valence-corrected chi connectivity index (χ4v) is 2.60. The lowest BCUT2D eigenvalue weighted by Gasteiger charge is -2.05. The van der Waals surface area contributed by atoms with Crippen molar-refractivity contribution >= 4 is 0 Å². The summed E-state index contributed by atoms with van der Waals surface area (Å²) in [7, 11) is 0. The molecule has 3 heterocycles. The van der Waals surface area contributed by atoms with E-state index in [1.165, 1.54) is 0 Å². The van der Waals surface area contributed by atoms with Gasteiger partial charge in [0.2, 0.25) is 11.8 Å². The molecule has 2 aromatic carbocycles. The second-order valence-electron chi connectivity index (χ2n) is 6.50. The van der Waals surface area contributed by atoms with Gasteiger partial charge in [-0.3, -0.25) is 0 Å². The van der Waals surface area contributed by atoms with Crippen molar-refractivity contribution in [3.8, 4) is 34.4 Å². The molecule has 0 bridgehead atoms. The van der Waals surface area contributed by atoms with Crippen molar-refractivity contribution in [2.45, 2.75) is 12.2 Å². The number of aromatic nitrogens is 2. The van der Waals surface area contributed by atoms with Crippen LogP contribution < -0.4 is 9.47 Å². The van der Waals surface area contributed by atoms with Gasteiger partial charge in [-0.1, -0.05) is 12.1 Å². The fraction of sp³-hybridized carbons (Fsp3) is 0.300. The van der Waals surface area contributed by atoms with E-state index in [1.807, 2.05) is 48.5 Å². The monoisotopic (exact) mass is 366 g/mol. The Morgan fingerprint density at radius 1 is 0.778 bits per heavy atom. The van der Waals surface area contributed by atoms with E-state index >= 15 is 0 Å². The highest BCUT2D eigenvalue weighted by Crippen LogP contribution is 2.28. The number of rotatable bonds is 8. The van der Waals surface area contributed by atoms with Crippen LogP contribution in [0.4, 0.5) is 0 Å². The maximum absolute atomic E-state index is 5.86. The highest BCUT2D eigenvalue weighted by atomic mass is 16.6. The number of nitrogens with zero attached hydrogens (tertiary/aromatic N) is 2. The Bertz CT molecular complexity index is 859. The molecule has 1 aromatic heterocycles. The summed E-state index contributed by atoms with van der Waals surface area (Å²) >= 11 is 0. The van der Waals surface area contributed by atoms with Crippen molar-refractivity contribution < 1.29 is 23.4 Å². The number of benzene rings is 2. The van der Waals surface area contributed by atoms with Gasteiger partial charge in [0.15, 0.2) is 0 Å². The lowest BCUT2D eigenvalue weighted by Crippen LogP contribution is -2.03. The lowest BCUT2D eigenvalue weighted by molar-refractivity contribution is 0.263. The topological polar surface area (TPSA) is 82.4 Å². The molecule has 2 saturated heterocycles. The van der Waals surface area contributed by atoms with Crippen LogP contribution in [-0.4, -0.2) is 48.8 Å². The predicted molar refractivity (Wildman–Crippen MR) is 95.6 cm³/mol. The minimum absolute atomic E-state index is 0.213. The van der Waals surface area contributed by atoms with Crippen molar-refractivity contribution in [3.63, 3.8) is 0 Å². The molecule has 138 valence electrons. The molecule has 7 nitrogen and oxygen atoms in total. The van der Waals surface area contributed by atoms with Crippen molar-refractivity contribution in [3.05, 3.63) is 48.5 Å². The average Bonchev–Trinajstić information content (AvgIpc) is 3.64. The van der Waals surface area contributed by atoms with E-state index < -0.39 is 0 Å². The van der Waals surface area contributed by atoms with Crippen molar-refractivity contribution in [2.75, 3.05) is 26.4 Å². The van der Waals surface area contributed by atoms with Crippen molar-refractivity contribution in [1.82, 2.24) is 10.2 Å². The van der Waals surface area contributed by atoms with Gasteiger partial charge in [0.25, 0.3) is 0 Å². The Balaban J connectivity index is 1.31. The summed E-state index contributed by atoms with van der Waals surface area (Å²) in [5.74, 6) is 2.38. The van der Waals surface area contributed by atoms with Crippen LogP contribution >= 0.6 is 0 Å². The minimum Gasteiger partial charge on any atom is -0.491 e. The molecular weight excluding hydrogens is 348 g/mol. The van der Waals surface area contributed by atoms with Gasteiger partial charge in [-0.15, -0.1) is 10.2 Å². The third-order valence-electron chi connectivity index (χ3n) is 4.26. The Morgan fingerprint density at radius 2 is 1.26 bits per heavy atom. The highest BCUT2D eigenvalue weighted by Gasteiger charge is 2.24. The smallest absolute Gasteiger partial charge is 0.248 e. The summed E-state index contributed by atoms with van der Waals surface area (Å²) < 4.78 is 27.6. The van der Waals surface area contributed by atoms with E-state index in [0.717, 1.165) is 35.8 Å². The van der Waals surface area contributed by atoms with Crippen molar-refractivity contribution in [1.29, 1.82) is 0 Å². The highest BCUT2D eigenvalue weighted by molar-refractivity contribution is 5.60.